The molecule has 0 bridgehead atoms. The van der Waals surface area contributed by atoms with Crippen molar-refractivity contribution >= 4 is 28.2 Å². The van der Waals surface area contributed by atoms with Gasteiger partial charge in [0.25, 0.3) is 5.91 Å². The highest BCUT2D eigenvalue weighted by Gasteiger charge is 2.14. The Morgan fingerprint density at radius 3 is 3.00 bits per heavy atom. The van der Waals surface area contributed by atoms with Crippen LogP contribution in [0.25, 0.3) is 11.0 Å². The zero-order valence-electron chi connectivity index (χ0n) is 11.5. The summed E-state index contributed by atoms with van der Waals surface area (Å²) in [6.07, 6.45) is -0.702. The lowest BCUT2D eigenvalue weighted by atomic mass is 10.2. The molecule has 0 aliphatic carbocycles. The summed E-state index contributed by atoms with van der Waals surface area (Å²) in [4.78, 5) is 12.1. The van der Waals surface area contributed by atoms with E-state index in [1.807, 2.05) is 41.9 Å². The van der Waals surface area contributed by atoms with Crippen LogP contribution in [0.3, 0.4) is 0 Å². The molecule has 2 heterocycles. The van der Waals surface area contributed by atoms with Gasteiger partial charge < -0.3 is 14.8 Å². The van der Waals surface area contributed by atoms with Gasteiger partial charge in [0.05, 0.1) is 6.10 Å². The molecule has 2 N–H and O–H groups in total. The van der Waals surface area contributed by atoms with Crippen LogP contribution < -0.4 is 5.32 Å². The van der Waals surface area contributed by atoms with Crippen molar-refractivity contribution in [3.05, 3.63) is 58.0 Å². The number of furan rings is 1. The first-order valence-corrected chi connectivity index (χ1v) is 7.56. The summed E-state index contributed by atoms with van der Waals surface area (Å²) in [7, 11) is 0. The smallest absolute Gasteiger partial charge is 0.287 e. The second-order valence-corrected chi connectivity index (χ2v) is 5.71. The van der Waals surface area contributed by atoms with E-state index in [-0.39, 0.29) is 18.2 Å². The van der Waals surface area contributed by atoms with Crippen LogP contribution >= 0.6 is 11.3 Å². The average Bonchev–Trinajstić information content (AvgIpc) is 3.12. The number of benzene rings is 1. The molecule has 3 rings (SSSR count). The third kappa shape index (κ3) is 2.99. The van der Waals surface area contributed by atoms with Crippen LogP contribution in [0.5, 0.6) is 0 Å². The van der Waals surface area contributed by atoms with Crippen molar-refractivity contribution in [3.63, 3.8) is 0 Å². The number of hydrogen-bond donors (Lipinski definition) is 2. The van der Waals surface area contributed by atoms with Gasteiger partial charge in [-0.1, -0.05) is 11.6 Å². The van der Waals surface area contributed by atoms with Crippen molar-refractivity contribution in [1.82, 2.24) is 5.32 Å². The first-order chi connectivity index (χ1) is 10.1. The Morgan fingerprint density at radius 1 is 1.38 bits per heavy atom. The van der Waals surface area contributed by atoms with Gasteiger partial charge in [-0.15, -0.1) is 0 Å². The molecule has 1 aromatic carbocycles. The number of nitrogens with one attached hydrogen (secondary N) is 1. The van der Waals surface area contributed by atoms with E-state index in [4.69, 9.17) is 4.42 Å². The normalized spacial score (nSPS) is 12.5. The van der Waals surface area contributed by atoms with Crippen molar-refractivity contribution in [2.24, 2.45) is 0 Å². The summed E-state index contributed by atoms with van der Waals surface area (Å²) in [5.41, 5.74) is 2.60. The number of thiophene rings is 1. The quantitative estimate of drug-likeness (QED) is 0.777. The fourth-order valence-corrected chi connectivity index (χ4v) is 2.84. The molecule has 0 aliphatic rings. The van der Waals surface area contributed by atoms with Gasteiger partial charge in [-0.3, -0.25) is 4.79 Å². The molecule has 21 heavy (non-hydrogen) atoms. The van der Waals surface area contributed by atoms with Gasteiger partial charge in [0.1, 0.15) is 5.58 Å². The molecule has 2 aromatic heterocycles. The molecule has 1 amide bonds. The summed E-state index contributed by atoms with van der Waals surface area (Å²) in [6.45, 7) is 2.15. The van der Waals surface area contributed by atoms with Crippen LogP contribution in [0.4, 0.5) is 0 Å². The van der Waals surface area contributed by atoms with Gasteiger partial charge >= 0.3 is 0 Å². The molecule has 0 spiro atoms. The number of aryl methyl sites for hydroxylation is 1. The molecular formula is C16H15NO3S. The van der Waals surface area contributed by atoms with Crippen LogP contribution in [0, 0.1) is 6.92 Å². The van der Waals surface area contributed by atoms with E-state index >= 15 is 0 Å². The number of aliphatic hydroxyl groups is 1. The maximum absolute atomic E-state index is 12.1. The van der Waals surface area contributed by atoms with Crippen LogP contribution in [0.1, 0.15) is 27.8 Å². The maximum Gasteiger partial charge on any atom is 0.287 e. The zero-order chi connectivity index (χ0) is 14.8. The topological polar surface area (TPSA) is 62.5 Å². The molecule has 108 valence electrons. The summed E-state index contributed by atoms with van der Waals surface area (Å²) in [5, 5.41) is 17.3. The number of aliphatic hydroxyl groups excluding tert-OH is 1. The number of carbonyl (C=O) groups is 1. The number of amides is 1. The Labute approximate surface area is 126 Å². The molecular weight excluding hydrogens is 286 g/mol. The molecule has 3 aromatic rings. The van der Waals surface area contributed by atoms with E-state index in [9.17, 15) is 9.90 Å². The Balaban J connectivity index is 1.69. The highest BCUT2D eigenvalue weighted by atomic mass is 32.1. The summed E-state index contributed by atoms with van der Waals surface area (Å²) >= 11 is 1.51. The summed E-state index contributed by atoms with van der Waals surface area (Å²) < 4.78 is 5.52. The summed E-state index contributed by atoms with van der Waals surface area (Å²) in [5.74, 6) is -0.0637. The highest BCUT2D eigenvalue weighted by molar-refractivity contribution is 7.07. The predicted molar refractivity (Wildman–Crippen MR) is 82.6 cm³/mol. The Bertz CT molecular complexity index is 761. The van der Waals surface area contributed by atoms with Gasteiger partial charge in [0.15, 0.2) is 5.76 Å². The molecule has 1 atom stereocenters. The molecule has 5 heteroatoms. The lowest BCUT2D eigenvalue weighted by molar-refractivity contribution is 0.0891. The third-order valence-corrected chi connectivity index (χ3v) is 3.98. The molecule has 0 aliphatic heterocycles. The number of hydrogen-bond acceptors (Lipinski definition) is 4. The first-order valence-electron chi connectivity index (χ1n) is 6.62. The molecule has 0 radical (unpaired) electrons. The lowest BCUT2D eigenvalue weighted by Gasteiger charge is -2.09. The third-order valence-electron chi connectivity index (χ3n) is 3.28. The minimum atomic E-state index is -0.702. The van der Waals surface area contributed by atoms with Crippen molar-refractivity contribution in [2.45, 2.75) is 13.0 Å². The molecule has 4 nitrogen and oxygen atoms in total. The van der Waals surface area contributed by atoms with Crippen LogP contribution in [0.15, 0.2) is 45.5 Å². The second-order valence-electron chi connectivity index (χ2n) is 4.93. The van der Waals surface area contributed by atoms with E-state index in [0.29, 0.717) is 5.58 Å². The van der Waals surface area contributed by atoms with E-state index in [2.05, 4.69) is 5.32 Å². The van der Waals surface area contributed by atoms with Gasteiger partial charge in [-0.05, 0) is 47.5 Å². The van der Waals surface area contributed by atoms with Crippen molar-refractivity contribution < 1.29 is 14.3 Å². The standard InChI is InChI=1S/C16H15NO3S/c1-10-2-3-14-12(6-10)7-15(20-14)16(19)17-8-13(18)11-4-5-21-9-11/h2-7,9,13,18H,8H2,1H3,(H,17,19). The minimum Gasteiger partial charge on any atom is -0.451 e. The molecule has 0 saturated carbocycles. The first kappa shape index (κ1) is 13.9. The Morgan fingerprint density at radius 2 is 2.24 bits per heavy atom. The lowest BCUT2D eigenvalue weighted by Crippen LogP contribution is -2.27. The predicted octanol–water partition coefficient (Wildman–Crippen LogP) is 3.27. The number of carbonyl (C=O) groups excluding carboxylic acids is 1. The van der Waals surface area contributed by atoms with E-state index in [1.165, 1.54) is 11.3 Å². The minimum absolute atomic E-state index is 0.158. The fourth-order valence-electron chi connectivity index (χ4n) is 2.13. The molecule has 1 unspecified atom stereocenters. The molecule has 0 saturated heterocycles. The molecule has 0 fully saturated rings. The average molecular weight is 301 g/mol. The summed E-state index contributed by atoms with van der Waals surface area (Å²) in [6, 6.07) is 9.31. The van der Waals surface area contributed by atoms with Gasteiger partial charge in [-0.25, -0.2) is 0 Å². The van der Waals surface area contributed by atoms with Crippen LogP contribution in [-0.4, -0.2) is 17.6 Å². The monoisotopic (exact) mass is 301 g/mol. The number of fused-ring (bicyclic) bond motifs is 1. The largest absolute Gasteiger partial charge is 0.451 e. The van der Waals surface area contributed by atoms with Gasteiger partial charge in [-0.2, -0.15) is 11.3 Å². The number of rotatable bonds is 4. The van der Waals surface area contributed by atoms with Crippen molar-refractivity contribution in [1.29, 1.82) is 0 Å². The van der Waals surface area contributed by atoms with Crippen LogP contribution in [-0.2, 0) is 0 Å². The van der Waals surface area contributed by atoms with Crippen LogP contribution in [0.2, 0.25) is 0 Å². The maximum atomic E-state index is 12.1. The fraction of sp³-hybridized carbons (Fsp3) is 0.188. The van der Waals surface area contributed by atoms with Crippen molar-refractivity contribution in [2.75, 3.05) is 6.54 Å². The van der Waals surface area contributed by atoms with Crippen molar-refractivity contribution in [3.8, 4) is 0 Å². The second kappa shape index (κ2) is 5.71. The van der Waals surface area contributed by atoms with Gasteiger partial charge in [0, 0.05) is 11.9 Å². The van der Waals surface area contributed by atoms with E-state index in [0.717, 1.165) is 16.5 Å². The van der Waals surface area contributed by atoms with E-state index in [1.54, 1.807) is 6.07 Å². The highest BCUT2D eigenvalue weighted by Crippen LogP contribution is 2.21. The Hall–Kier alpha value is -2.11. The van der Waals surface area contributed by atoms with Gasteiger partial charge in [0.2, 0.25) is 0 Å². The zero-order valence-corrected chi connectivity index (χ0v) is 12.3. The van der Waals surface area contributed by atoms with E-state index < -0.39 is 6.10 Å². The Kier molecular flexibility index (Phi) is 3.77. The SMILES string of the molecule is Cc1ccc2oc(C(=O)NCC(O)c3ccsc3)cc2c1.